The zero-order valence-electron chi connectivity index (χ0n) is 29.2. The number of nitrogens with zero attached hydrogens (tertiary/aromatic N) is 4. The summed E-state index contributed by atoms with van der Waals surface area (Å²) in [6, 6.07) is 55.2. The van der Waals surface area contributed by atoms with Crippen LogP contribution >= 0.6 is 0 Å². The maximum Gasteiger partial charge on any atom is 0.164 e. The Balaban J connectivity index is 1.09. The molecule has 5 nitrogen and oxygen atoms in total. The number of para-hydroxylation sites is 2. The molecule has 0 unspecified atom stereocenters. The highest BCUT2D eigenvalue weighted by atomic mass is 16.3. The van der Waals surface area contributed by atoms with E-state index in [-0.39, 0.29) is 5.41 Å². The van der Waals surface area contributed by atoms with Crippen molar-refractivity contribution < 1.29 is 4.42 Å². The summed E-state index contributed by atoms with van der Waals surface area (Å²) < 4.78 is 8.76. The Bertz CT molecular complexity index is 3010. The Morgan fingerprint density at radius 3 is 1.74 bits per heavy atom. The van der Waals surface area contributed by atoms with Gasteiger partial charge in [0.25, 0.3) is 0 Å². The lowest BCUT2D eigenvalue weighted by Gasteiger charge is -2.21. The van der Waals surface area contributed by atoms with Crippen molar-refractivity contribution in [2.75, 3.05) is 0 Å². The van der Waals surface area contributed by atoms with E-state index in [0.717, 1.165) is 38.9 Å². The maximum absolute atomic E-state index is 6.36. The molecular weight excluding hydrogens is 649 g/mol. The van der Waals surface area contributed by atoms with Crippen LogP contribution in [0.1, 0.15) is 25.0 Å². The highest BCUT2D eigenvalue weighted by molar-refractivity contribution is 6.17. The van der Waals surface area contributed by atoms with E-state index in [2.05, 4.69) is 109 Å². The second kappa shape index (κ2) is 11.1. The van der Waals surface area contributed by atoms with Crippen LogP contribution in [-0.4, -0.2) is 19.5 Å². The first-order valence-corrected chi connectivity index (χ1v) is 18.0. The van der Waals surface area contributed by atoms with Crippen molar-refractivity contribution in [1.82, 2.24) is 19.5 Å². The van der Waals surface area contributed by atoms with Crippen molar-refractivity contribution in [3.8, 4) is 51.0 Å². The first-order chi connectivity index (χ1) is 26.0. The zero-order chi connectivity index (χ0) is 35.3. The average Bonchev–Trinajstić information content (AvgIpc) is 3.83. The van der Waals surface area contributed by atoms with E-state index >= 15 is 0 Å². The van der Waals surface area contributed by atoms with Crippen molar-refractivity contribution >= 4 is 43.7 Å². The van der Waals surface area contributed by atoms with Gasteiger partial charge in [0.2, 0.25) is 0 Å². The van der Waals surface area contributed by atoms with Gasteiger partial charge in [-0.25, -0.2) is 15.0 Å². The minimum absolute atomic E-state index is 0.192. The number of aromatic nitrogens is 4. The van der Waals surface area contributed by atoms with Crippen LogP contribution in [0.15, 0.2) is 162 Å². The molecule has 3 aromatic heterocycles. The molecule has 5 heteroatoms. The molecule has 53 heavy (non-hydrogen) atoms. The normalized spacial score (nSPS) is 13.2. The first kappa shape index (κ1) is 29.8. The largest absolute Gasteiger partial charge is 0.456 e. The fraction of sp³-hybridized carbons (Fsp3) is 0.0625. The number of furan rings is 1. The molecule has 250 valence electrons. The monoisotopic (exact) mass is 680 g/mol. The van der Waals surface area contributed by atoms with Crippen LogP contribution in [0, 0.1) is 0 Å². The molecule has 0 atom stereocenters. The maximum atomic E-state index is 6.36. The molecule has 11 rings (SSSR count). The number of hydrogen-bond acceptors (Lipinski definition) is 4. The third-order valence-electron chi connectivity index (χ3n) is 11.1. The molecule has 0 saturated heterocycles. The summed E-state index contributed by atoms with van der Waals surface area (Å²) in [4.78, 5) is 14.8. The molecule has 0 aliphatic heterocycles. The fourth-order valence-electron chi connectivity index (χ4n) is 8.48. The van der Waals surface area contributed by atoms with Gasteiger partial charge in [-0.1, -0.05) is 117 Å². The summed E-state index contributed by atoms with van der Waals surface area (Å²) in [7, 11) is 0. The van der Waals surface area contributed by atoms with Gasteiger partial charge in [0.15, 0.2) is 17.5 Å². The van der Waals surface area contributed by atoms with Gasteiger partial charge in [0.05, 0.1) is 11.0 Å². The Kier molecular flexibility index (Phi) is 6.23. The summed E-state index contributed by atoms with van der Waals surface area (Å²) >= 11 is 0. The van der Waals surface area contributed by atoms with Gasteiger partial charge in [-0.05, 0) is 76.9 Å². The van der Waals surface area contributed by atoms with Gasteiger partial charge < -0.3 is 8.98 Å². The van der Waals surface area contributed by atoms with Crippen LogP contribution in [-0.2, 0) is 5.41 Å². The lowest BCUT2D eigenvalue weighted by molar-refractivity contribution is 0.657. The van der Waals surface area contributed by atoms with E-state index in [1.807, 2.05) is 66.7 Å². The van der Waals surface area contributed by atoms with E-state index < -0.39 is 0 Å². The van der Waals surface area contributed by atoms with Crippen LogP contribution in [0.25, 0.3) is 94.7 Å². The summed E-state index contributed by atoms with van der Waals surface area (Å²) in [6.45, 7) is 4.70. The molecule has 1 aliphatic carbocycles. The van der Waals surface area contributed by atoms with Crippen LogP contribution in [0.3, 0.4) is 0 Å². The number of fused-ring (bicyclic) bond motifs is 10. The Morgan fingerprint density at radius 1 is 0.472 bits per heavy atom. The van der Waals surface area contributed by atoms with E-state index in [1.165, 1.54) is 49.4 Å². The van der Waals surface area contributed by atoms with Crippen molar-refractivity contribution in [3.63, 3.8) is 0 Å². The third-order valence-corrected chi connectivity index (χ3v) is 11.1. The minimum Gasteiger partial charge on any atom is -0.456 e. The fourth-order valence-corrected chi connectivity index (χ4v) is 8.48. The second-order valence-corrected chi connectivity index (χ2v) is 14.4. The minimum atomic E-state index is -0.192. The first-order valence-electron chi connectivity index (χ1n) is 18.0. The molecule has 0 amide bonds. The van der Waals surface area contributed by atoms with E-state index in [0.29, 0.717) is 17.5 Å². The predicted molar refractivity (Wildman–Crippen MR) is 215 cm³/mol. The van der Waals surface area contributed by atoms with Gasteiger partial charge in [-0.2, -0.15) is 0 Å². The Morgan fingerprint density at radius 2 is 1.06 bits per heavy atom. The molecule has 0 fully saturated rings. The second-order valence-electron chi connectivity index (χ2n) is 14.4. The molecule has 0 radical (unpaired) electrons. The highest BCUT2D eigenvalue weighted by Gasteiger charge is 2.38. The van der Waals surface area contributed by atoms with Gasteiger partial charge in [0.1, 0.15) is 11.2 Å². The van der Waals surface area contributed by atoms with Crippen LogP contribution in [0.4, 0.5) is 0 Å². The summed E-state index contributed by atoms with van der Waals surface area (Å²) in [5.41, 5.74) is 13.2. The molecule has 0 spiro atoms. The summed E-state index contributed by atoms with van der Waals surface area (Å²) in [5.74, 6) is 1.94. The smallest absolute Gasteiger partial charge is 0.164 e. The average molecular weight is 681 g/mol. The van der Waals surface area contributed by atoms with Crippen molar-refractivity contribution in [2.45, 2.75) is 19.3 Å². The summed E-state index contributed by atoms with van der Waals surface area (Å²) in [5, 5.41) is 4.82. The third kappa shape index (κ3) is 4.40. The molecule has 1 aliphatic rings. The summed E-state index contributed by atoms with van der Waals surface area (Å²) in [6.07, 6.45) is 0. The van der Waals surface area contributed by atoms with E-state index in [9.17, 15) is 0 Å². The zero-order valence-corrected chi connectivity index (χ0v) is 29.2. The number of hydrogen-bond donors (Lipinski definition) is 0. The predicted octanol–water partition coefficient (Wildman–Crippen LogP) is 12.2. The topological polar surface area (TPSA) is 56.7 Å². The molecular formula is C48H32N4O. The van der Waals surface area contributed by atoms with Crippen molar-refractivity contribution in [2.24, 2.45) is 0 Å². The highest BCUT2D eigenvalue weighted by Crippen LogP contribution is 2.54. The van der Waals surface area contributed by atoms with Crippen molar-refractivity contribution in [3.05, 3.63) is 169 Å². The van der Waals surface area contributed by atoms with Crippen LogP contribution < -0.4 is 0 Å². The van der Waals surface area contributed by atoms with Crippen molar-refractivity contribution in [1.29, 1.82) is 0 Å². The molecule has 0 saturated carbocycles. The Labute approximate surface area is 305 Å². The quantitative estimate of drug-likeness (QED) is 0.186. The molecule has 7 aromatic carbocycles. The molecule has 0 N–H and O–H groups in total. The van der Waals surface area contributed by atoms with Gasteiger partial charge in [-0.15, -0.1) is 0 Å². The lowest BCUT2D eigenvalue weighted by Crippen LogP contribution is -2.15. The lowest BCUT2D eigenvalue weighted by atomic mass is 9.82. The van der Waals surface area contributed by atoms with E-state index in [1.54, 1.807) is 0 Å². The SMILES string of the molecule is CC1(C)c2cc3c(cc2-c2c1ccc1oc4ccccc4c21)c1ccccc1n3-c1ccc(-c2nc(-c3ccccc3)nc(-c3ccccc3)n2)cc1. The van der Waals surface area contributed by atoms with Crippen LogP contribution in [0.5, 0.6) is 0 Å². The van der Waals surface area contributed by atoms with Crippen LogP contribution in [0.2, 0.25) is 0 Å². The van der Waals surface area contributed by atoms with Gasteiger partial charge >= 0.3 is 0 Å². The Hall–Kier alpha value is -6.85. The number of benzene rings is 7. The van der Waals surface area contributed by atoms with Gasteiger partial charge in [0, 0.05) is 49.3 Å². The standard InChI is InChI=1S/C48H32N4O/c1-48(2)37-25-26-42-44(34-18-10-12-20-41(34)53-42)43(37)36-27-35-33-17-9-11-19-39(33)52(40(35)28-38(36)48)32-23-21-31(22-24-32)47-50-45(29-13-5-3-6-14-29)49-46(51-47)30-15-7-4-8-16-30/h3-28H,1-2H3. The number of rotatable bonds is 4. The van der Waals surface area contributed by atoms with Gasteiger partial charge in [-0.3, -0.25) is 0 Å². The van der Waals surface area contributed by atoms with E-state index in [4.69, 9.17) is 19.4 Å². The molecule has 3 heterocycles. The molecule has 0 bridgehead atoms. The molecule has 10 aromatic rings.